The van der Waals surface area contributed by atoms with Crippen LogP contribution in [0.1, 0.15) is 32.9 Å². The van der Waals surface area contributed by atoms with Crippen LogP contribution in [0.25, 0.3) is 10.4 Å². The second kappa shape index (κ2) is 8.10. The summed E-state index contributed by atoms with van der Waals surface area (Å²) in [5.74, 6) is -2.08. The quantitative estimate of drug-likeness (QED) is 0.661. The normalized spacial score (nSPS) is 10.7. The highest BCUT2D eigenvalue weighted by molar-refractivity contribution is 7.15. The maximum absolute atomic E-state index is 14.4. The number of nitriles is 1. The van der Waals surface area contributed by atoms with Gasteiger partial charge in [0.2, 0.25) is 0 Å². The van der Waals surface area contributed by atoms with Crippen LogP contribution in [0.3, 0.4) is 0 Å². The number of rotatable bonds is 5. The molecule has 0 bridgehead atoms. The third kappa shape index (κ3) is 4.13. The molecule has 3 aromatic rings. The van der Waals surface area contributed by atoms with Crippen molar-refractivity contribution in [1.29, 1.82) is 5.26 Å². The van der Waals surface area contributed by atoms with Crippen LogP contribution in [0.5, 0.6) is 5.75 Å². The molecule has 0 spiro atoms. The zero-order chi connectivity index (χ0) is 20.3. The predicted molar refractivity (Wildman–Crippen MR) is 96.5 cm³/mol. The van der Waals surface area contributed by atoms with Gasteiger partial charge in [-0.25, -0.2) is 18.2 Å². The minimum Gasteiger partial charge on any atom is -0.507 e. The maximum Gasteiger partial charge on any atom is 0.289 e. The number of nitrogens with one attached hydrogen (secondary N) is 1. The number of carbonyl (C=O) groups excluding carboxylic acids is 1. The van der Waals surface area contributed by atoms with Crippen molar-refractivity contribution in [2.45, 2.75) is 13.0 Å². The lowest BCUT2D eigenvalue weighted by Crippen LogP contribution is -2.23. The van der Waals surface area contributed by atoms with Crippen LogP contribution in [0, 0.1) is 17.1 Å². The Morgan fingerprint density at radius 2 is 2.00 bits per heavy atom. The first kappa shape index (κ1) is 19.4. The van der Waals surface area contributed by atoms with Gasteiger partial charge in [-0.1, -0.05) is 12.1 Å². The topological polar surface area (TPSA) is 86.0 Å². The van der Waals surface area contributed by atoms with E-state index in [0.717, 1.165) is 18.3 Å². The van der Waals surface area contributed by atoms with E-state index in [9.17, 15) is 23.1 Å². The zero-order valence-electron chi connectivity index (χ0n) is 14.1. The van der Waals surface area contributed by atoms with Gasteiger partial charge in [0.05, 0.1) is 22.1 Å². The number of phenols is 1. The molecule has 0 unspecified atom stereocenters. The summed E-state index contributed by atoms with van der Waals surface area (Å²) in [5, 5.41) is 21.0. The summed E-state index contributed by atoms with van der Waals surface area (Å²) < 4.78 is 39.7. The maximum atomic E-state index is 14.4. The van der Waals surface area contributed by atoms with Crippen molar-refractivity contribution in [1.82, 2.24) is 10.3 Å². The molecule has 1 aromatic heterocycles. The van der Waals surface area contributed by atoms with Crippen molar-refractivity contribution >= 4 is 17.2 Å². The summed E-state index contributed by atoms with van der Waals surface area (Å²) in [5.41, 5.74) is 0.775. The van der Waals surface area contributed by atoms with Crippen molar-refractivity contribution in [2.75, 3.05) is 0 Å². The standard InChI is InChI=1S/C19H12F3N3O2S/c20-14-5-13(16-9-25-19(28-16)17(21)22)15(26)6-12(14)18(27)24-8-11-3-1-10(7-23)2-4-11/h1-6,9,17,26H,8H2,(H,24,27). The molecule has 0 saturated heterocycles. The second-order valence-electron chi connectivity index (χ2n) is 5.70. The van der Waals surface area contributed by atoms with Crippen LogP contribution >= 0.6 is 11.3 Å². The summed E-state index contributed by atoms with van der Waals surface area (Å²) in [6, 6.07) is 10.3. The summed E-state index contributed by atoms with van der Waals surface area (Å²) in [6.45, 7) is 0.0963. The van der Waals surface area contributed by atoms with Crippen molar-refractivity contribution < 1.29 is 23.1 Å². The number of carbonyl (C=O) groups is 1. The Bertz CT molecular complexity index is 1060. The lowest BCUT2D eigenvalue weighted by molar-refractivity contribution is 0.0946. The van der Waals surface area contributed by atoms with Gasteiger partial charge >= 0.3 is 0 Å². The molecular weight excluding hydrogens is 391 g/mol. The number of hydrogen-bond acceptors (Lipinski definition) is 5. The van der Waals surface area contributed by atoms with E-state index in [1.807, 2.05) is 6.07 Å². The van der Waals surface area contributed by atoms with Gasteiger partial charge in [-0.15, -0.1) is 11.3 Å². The van der Waals surface area contributed by atoms with Gasteiger partial charge in [0.1, 0.15) is 11.6 Å². The smallest absolute Gasteiger partial charge is 0.289 e. The van der Waals surface area contributed by atoms with E-state index in [1.165, 1.54) is 0 Å². The van der Waals surface area contributed by atoms with Crippen LogP contribution in [0.15, 0.2) is 42.6 Å². The number of aromatic hydroxyl groups is 1. The first-order valence-electron chi connectivity index (χ1n) is 7.93. The summed E-state index contributed by atoms with van der Waals surface area (Å²) >= 11 is 0.630. The molecule has 0 radical (unpaired) electrons. The molecule has 1 amide bonds. The molecule has 28 heavy (non-hydrogen) atoms. The van der Waals surface area contributed by atoms with Crippen molar-refractivity contribution in [2.24, 2.45) is 0 Å². The Morgan fingerprint density at radius 3 is 2.61 bits per heavy atom. The third-order valence-corrected chi connectivity index (χ3v) is 4.88. The van der Waals surface area contributed by atoms with Crippen molar-refractivity contribution in [3.8, 4) is 22.3 Å². The summed E-state index contributed by atoms with van der Waals surface area (Å²) in [7, 11) is 0. The lowest BCUT2D eigenvalue weighted by Gasteiger charge is -2.09. The fourth-order valence-electron chi connectivity index (χ4n) is 2.42. The fourth-order valence-corrected chi connectivity index (χ4v) is 3.22. The molecule has 3 rings (SSSR count). The molecule has 142 valence electrons. The minimum atomic E-state index is -2.77. The summed E-state index contributed by atoms with van der Waals surface area (Å²) in [4.78, 5) is 15.9. The van der Waals surface area contributed by atoms with Gasteiger partial charge in [0.25, 0.3) is 12.3 Å². The number of thiazole rings is 1. The molecule has 0 aliphatic heterocycles. The van der Waals surface area contributed by atoms with E-state index in [2.05, 4.69) is 10.3 Å². The highest BCUT2D eigenvalue weighted by Crippen LogP contribution is 2.37. The first-order valence-corrected chi connectivity index (χ1v) is 8.74. The van der Waals surface area contributed by atoms with Crippen LogP contribution in [0.4, 0.5) is 13.2 Å². The number of benzene rings is 2. The molecule has 9 heteroatoms. The van der Waals surface area contributed by atoms with Crippen LogP contribution < -0.4 is 5.32 Å². The lowest BCUT2D eigenvalue weighted by atomic mass is 10.1. The molecule has 0 fully saturated rings. The number of alkyl halides is 2. The van der Waals surface area contributed by atoms with E-state index >= 15 is 0 Å². The summed E-state index contributed by atoms with van der Waals surface area (Å²) in [6.07, 6.45) is -1.65. The molecular formula is C19H12F3N3O2S. The van der Waals surface area contributed by atoms with Crippen LogP contribution in [0.2, 0.25) is 0 Å². The second-order valence-corrected chi connectivity index (χ2v) is 6.77. The first-order chi connectivity index (χ1) is 13.4. The molecule has 2 aromatic carbocycles. The highest BCUT2D eigenvalue weighted by atomic mass is 32.1. The van der Waals surface area contributed by atoms with Crippen molar-refractivity contribution in [3.63, 3.8) is 0 Å². The van der Waals surface area contributed by atoms with Gasteiger partial charge in [0.15, 0.2) is 5.01 Å². The Kier molecular flexibility index (Phi) is 5.61. The van der Waals surface area contributed by atoms with Gasteiger partial charge in [0, 0.05) is 18.3 Å². The number of halogens is 3. The minimum absolute atomic E-state index is 0.0226. The van der Waals surface area contributed by atoms with Crippen molar-refractivity contribution in [3.05, 3.63) is 70.1 Å². The number of amides is 1. The fraction of sp³-hybridized carbons (Fsp3) is 0.105. The van der Waals surface area contributed by atoms with Crippen LogP contribution in [-0.2, 0) is 6.54 Å². The molecule has 5 nitrogen and oxygen atoms in total. The zero-order valence-corrected chi connectivity index (χ0v) is 14.9. The average Bonchev–Trinajstić information content (AvgIpc) is 3.18. The van der Waals surface area contributed by atoms with E-state index in [4.69, 9.17) is 5.26 Å². The molecule has 0 saturated carbocycles. The predicted octanol–water partition coefficient (Wildman–Crippen LogP) is 4.39. The van der Waals surface area contributed by atoms with Gasteiger partial charge in [-0.3, -0.25) is 4.79 Å². The Morgan fingerprint density at radius 1 is 1.29 bits per heavy atom. The van der Waals surface area contributed by atoms with Gasteiger partial charge in [-0.05, 0) is 29.8 Å². The average molecular weight is 403 g/mol. The monoisotopic (exact) mass is 403 g/mol. The Labute approximate surface area is 161 Å². The van der Waals surface area contributed by atoms with E-state index in [0.29, 0.717) is 22.5 Å². The number of aromatic nitrogens is 1. The molecule has 1 heterocycles. The molecule has 0 aliphatic rings. The Hall–Kier alpha value is -3.38. The van der Waals surface area contributed by atoms with Gasteiger partial charge in [-0.2, -0.15) is 5.26 Å². The Balaban J connectivity index is 1.77. The number of nitrogens with zero attached hydrogens (tertiary/aromatic N) is 2. The largest absolute Gasteiger partial charge is 0.507 e. The third-order valence-electron chi connectivity index (χ3n) is 3.84. The van der Waals surface area contributed by atoms with E-state index in [-0.39, 0.29) is 22.5 Å². The number of hydrogen-bond donors (Lipinski definition) is 2. The van der Waals surface area contributed by atoms with Gasteiger partial charge < -0.3 is 10.4 Å². The number of phenolic OH excluding ortho intramolecular Hbond substituents is 1. The molecule has 2 N–H and O–H groups in total. The SMILES string of the molecule is N#Cc1ccc(CNC(=O)c2cc(O)c(-c3cnc(C(F)F)s3)cc2F)cc1. The molecule has 0 atom stereocenters. The van der Waals surface area contributed by atoms with E-state index < -0.39 is 28.9 Å². The van der Waals surface area contributed by atoms with Crippen LogP contribution in [-0.4, -0.2) is 16.0 Å². The highest BCUT2D eigenvalue weighted by Gasteiger charge is 2.19. The van der Waals surface area contributed by atoms with E-state index in [1.54, 1.807) is 24.3 Å². The molecule has 0 aliphatic carbocycles.